The quantitative estimate of drug-likeness (QED) is 0.239. The number of rotatable bonds is 8. The number of aliphatic hydroxyl groups is 2. The van der Waals surface area contributed by atoms with E-state index in [9.17, 15) is 13.6 Å². The van der Waals surface area contributed by atoms with Gasteiger partial charge in [-0.1, -0.05) is 5.04 Å². The molecule has 0 aromatic heterocycles. The molecule has 0 rings (SSSR count). The molecule has 7 nitrogen and oxygen atoms in total. The van der Waals surface area contributed by atoms with Crippen molar-refractivity contribution in [3.05, 3.63) is 0 Å². The van der Waals surface area contributed by atoms with Crippen LogP contribution in [0.1, 0.15) is 0 Å². The molecule has 3 N–H and O–H groups in total. The molecule has 16 heavy (non-hydrogen) atoms. The summed E-state index contributed by atoms with van der Waals surface area (Å²) in [5, 5.41) is 23.6. The SMILES string of the molecule is O=C(OCC(CO)CO)C(F)(F)SOOO. The second-order valence-corrected chi connectivity index (χ2v) is 3.39. The smallest absolute Gasteiger partial charge is 0.415 e. The maximum Gasteiger partial charge on any atom is 0.415 e. The van der Waals surface area contributed by atoms with Gasteiger partial charge in [-0.2, -0.15) is 8.78 Å². The molecule has 0 aliphatic rings. The molecule has 0 heterocycles. The van der Waals surface area contributed by atoms with Gasteiger partial charge in [0.2, 0.25) is 0 Å². The van der Waals surface area contributed by atoms with Crippen molar-refractivity contribution in [3.8, 4) is 0 Å². The highest BCUT2D eigenvalue weighted by molar-refractivity contribution is 7.96. The Labute approximate surface area is 93.0 Å². The van der Waals surface area contributed by atoms with Crippen LogP contribution >= 0.6 is 12.0 Å². The standard InChI is InChI=1S/C6H10F2O7S/c7-6(8,16-15-14-12)5(11)13-3-4(1-9)2-10/h4,9-10,12H,1-3H2. The van der Waals surface area contributed by atoms with Gasteiger partial charge in [-0.25, -0.2) is 10.1 Å². The highest BCUT2D eigenvalue weighted by atomic mass is 32.2. The van der Waals surface area contributed by atoms with Gasteiger partial charge in [-0.05, 0) is 0 Å². The fourth-order valence-corrected chi connectivity index (χ4v) is 0.776. The number of hydrogen-bond acceptors (Lipinski definition) is 8. The third-order valence-electron chi connectivity index (χ3n) is 1.37. The maximum absolute atomic E-state index is 12.7. The van der Waals surface area contributed by atoms with E-state index in [0.29, 0.717) is 0 Å². The second kappa shape index (κ2) is 7.70. The molecule has 0 atom stereocenters. The number of aliphatic hydroxyl groups excluding tert-OH is 2. The lowest BCUT2D eigenvalue weighted by Crippen LogP contribution is -2.30. The van der Waals surface area contributed by atoms with Gasteiger partial charge in [0.05, 0.1) is 19.8 Å². The molecule has 96 valence electrons. The van der Waals surface area contributed by atoms with Crippen LogP contribution in [-0.2, 0) is 18.9 Å². The monoisotopic (exact) mass is 264 g/mol. The van der Waals surface area contributed by atoms with Crippen molar-refractivity contribution in [1.82, 2.24) is 0 Å². The van der Waals surface area contributed by atoms with Gasteiger partial charge < -0.3 is 14.9 Å². The minimum atomic E-state index is -4.07. The highest BCUT2D eigenvalue weighted by Crippen LogP contribution is 2.31. The van der Waals surface area contributed by atoms with Gasteiger partial charge in [-0.3, -0.25) is 0 Å². The molecule has 0 saturated carbocycles. The molecule has 0 aromatic carbocycles. The van der Waals surface area contributed by atoms with Crippen LogP contribution < -0.4 is 0 Å². The normalized spacial score (nSPS) is 11.9. The summed E-state index contributed by atoms with van der Waals surface area (Å²) < 4.78 is 32.9. The number of ether oxygens (including phenoxy) is 1. The lowest BCUT2D eigenvalue weighted by Gasteiger charge is -2.15. The average molecular weight is 264 g/mol. The van der Waals surface area contributed by atoms with Crippen molar-refractivity contribution in [1.29, 1.82) is 0 Å². The first-order valence-electron chi connectivity index (χ1n) is 3.90. The van der Waals surface area contributed by atoms with Crippen LogP contribution in [0.25, 0.3) is 0 Å². The number of carbonyl (C=O) groups is 1. The van der Waals surface area contributed by atoms with Gasteiger partial charge in [0.15, 0.2) is 0 Å². The Morgan fingerprint density at radius 2 is 1.94 bits per heavy atom. The van der Waals surface area contributed by atoms with E-state index in [1.165, 1.54) is 0 Å². The Bertz CT molecular complexity index is 211. The van der Waals surface area contributed by atoms with E-state index in [4.69, 9.17) is 15.5 Å². The summed E-state index contributed by atoms with van der Waals surface area (Å²) >= 11 is -0.751. The highest BCUT2D eigenvalue weighted by Gasteiger charge is 2.44. The van der Waals surface area contributed by atoms with E-state index < -0.39 is 49.0 Å². The average Bonchev–Trinajstić information content (AvgIpc) is 2.27. The third-order valence-corrected chi connectivity index (χ3v) is 1.88. The summed E-state index contributed by atoms with van der Waals surface area (Å²) in [7, 11) is 0. The van der Waals surface area contributed by atoms with Gasteiger partial charge in [-0.15, -0.1) is 4.33 Å². The van der Waals surface area contributed by atoms with Crippen molar-refractivity contribution in [2.24, 2.45) is 5.92 Å². The lowest BCUT2D eigenvalue weighted by molar-refractivity contribution is -0.433. The Hall–Kier alpha value is -0.520. The minimum absolute atomic E-state index is 0.515. The Balaban J connectivity index is 4.03. The second-order valence-electron chi connectivity index (χ2n) is 2.57. The summed E-state index contributed by atoms with van der Waals surface area (Å²) in [6, 6.07) is 0. The molecule has 0 fully saturated rings. The molecule has 0 aliphatic carbocycles. The molecular weight excluding hydrogens is 254 g/mol. The van der Waals surface area contributed by atoms with Crippen LogP contribution in [0.15, 0.2) is 0 Å². The Morgan fingerprint density at radius 3 is 2.38 bits per heavy atom. The van der Waals surface area contributed by atoms with Crippen molar-refractivity contribution >= 4 is 18.0 Å². The Morgan fingerprint density at radius 1 is 1.38 bits per heavy atom. The molecule has 0 aromatic rings. The fraction of sp³-hybridized carbons (Fsp3) is 0.833. The summed E-state index contributed by atoms with van der Waals surface area (Å²) in [5.41, 5.74) is 0. The molecule has 0 radical (unpaired) electrons. The zero-order valence-electron chi connectivity index (χ0n) is 7.84. The van der Waals surface area contributed by atoms with Crippen LogP contribution in [0.4, 0.5) is 8.78 Å². The summed E-state index contributed by atoms with van der Waals surface area (Å²) in [5.74, 6) is -2.78. The predicted octanol–water partition coefficient (Wildman–Crippen LogP) is -0.207. The molecule has 0 spiro atoms. The summed E-state index contributed by atoms with van der Waals surface area (Å²) in [6.45, 7) is -1.60. The van der Waals surface area contributed by atoms with Gasteiger partial charge in [0, 0.05) is 5.92 Å². The van der Waals surface area contributed by atoms with Crippen molar-refractivity contribution in [2.75, 3.05) is 19.8 Å². The molecule has 10 heteroatoms. The van der Waals surface area contributed by atoms with E-state index >= 15 is 0 Å². The van der Waals surface area contributed by atoms with E-state index in [1.54, 1.807) is 0 Å². The van der Waals surface area contributed by atoms with Crippen LogP contribution in [-0.4, -0.2) is 46.5 Å². The lowest BCUT2D eigenvalue weighted by atomic mass is 10.2. The molecule has 0 unspecified atom stereocenters. The van der Waals surface area contributed by atoms with E-state index in [0.717, 1.165) is 0 Å². The van der Waals surface area contributed by atoms with Gasteiger partial charge in [0.25, 0.3) is 0 Å². The molecule has 0 aliphatic heterocycles. The van der Waals surface area contributed by atoms with Gasteiger partial charge >= 0.3 is 11.2 Å². The topological polar surface area (TPSA) is 105 Å². The molecule has 0 saturated heterocycles. The number of alkyl halides is 2. The molecule has 0 amide bonds. The fourth-order valence-electron chi connectivity index (χ4n) is 0.533. The minimum Gasteiger partial charge on any atom is -0.460 e. The first-order valence-corrected chi connectivity index (χ1v) is 4.64. The van der Waals surface area contributed by atoms with E-state index in [-0.39, 0.29) is 0 Å². The van der Waals surface area contributed by atoms with Crippen molar-refractivity contribution in [2.45, 2.75) is 5.25 Å². The first-order chi connectivity index (χ1) is 7.47. The number of hydrogen-bond donors (Lipinski definition) is 3. The number of esters is 1. The van der Waals surface area contributed by atoms with Gasteiger partial charge in [0.1, 0.15) is 12.0 Å². The van der Waals surface area contributed by atoms with Crippen LogP contribution in [0.2, 0.25) is 0 Å². The van der Waals surface area contributed by atoms with Crippen LogP contribution in [0.3, 0.4) is 0 Å². The predicted molar refractivity (Wildman–Crippen MR) is 46.0 cm³/mol. The zero-order valence-corrected chi connectivity index (χ0v) is 8.65. The summed E-state index contributed by atoms with van der Waals surface area (Å²) in [4.78, 5) is 10.7. The summed E-state index contributed by atoms with van der Waals surface area (Å²) in [6.07, 6.45) is 0. The zero-order chi connectivity index (χ0) is 12.6. The maximum atomic E-state index is 12.7. The van der Waals surface area contributed by atoms with E-state index in [2.05, 4.69) is 14.1 Å². The van der Waals surface area contributed by atoms with E-state index in [1.807, 2.05) is 0 Å². The Kier molecular flexibility index (Phi) is 7.45. The van der Waals surface area contributed by atoms with Crippen molar-refractivity contribution in [3.63, 3.8) is 0 Å². The largest absolute Gasteiger partial charge is 0.460 e. The molecular formula is C6H10F2O7S. The number of carbonyl (C=O) groups excluding carboxylic acids is 1. The van der Waals surface area contributed by atoms with Crippen LogP contribution in [0, 0.1) is 5.92 Å². The van der Waals surface area contributed by atoms with Crippen LogP contribution in [0.5, 0.6) is 0 Å². The first kappa shape index (κ1) is 15.5. The molecule has 0 bridgehead atoms. The van der Waals surface area contributed by atoms with Crippen molar-refractivity contribution < 1.29 is 43.2 Å². The number of halogens is 2. The third kappa shape index (κ3) is 5.53.